The molecule has 1 unspecified atom stereocenters. The summed E-state index contributed by atoms with van der Waals surface area (Å²) in [7, 11) is 0. The molecule has 1 fully saturated rings. The lowest BCUT2D eigenvalue weighted by Gasteiger charge is -2.23. The Bertz CT molecular complexity index is 267. The van der Waals surface area contributed by atoms with E-state index in [1.165, 1.54) is 0 Å². The second kappa shape index (κ2) is 7.36. The third-order valence-electron chi connectivity index (χ3n) is 3.20. The molecule has 0 amide bonds. The second-order valence-corrected chi connectivity index (χ2v) is 4.50. The quantitative estimate of drug-likeness (QED) is 0.522. The van der Waals surface area contributed by atoms with Gasteiger partial charge in [0.2, 0.25) is 0 Å². The van der Waals surface area contributed by atoms with Crippen LogP contribution in [0.4, 0.5) is 0 Å². The Morgan fingerprint density at radius 1 is 1.17 bits per heavy atom. The maximum absolute atomic E-state index is 11.9. The molecule has 0 aromatic carbocycles. The molecule has 1 N–H and O–H groups in total. The van der Waals surface area contributed by atoms with Crippen molar-refractivity contribution in [2.24, 2.45) is 17.8 Å². The Morgan fingerprint density at radius 2 is 1.67 bits per heavy atom. The fourth-order valence-corrected chi connectivity index (χ4v) is 2.26. The van der Waals surface area contributed by atoms with Crippen LogP contribution in [-0.4, -0.2) is 36.9 Å². The number of hydrogen-bond acceptors (Lipinski definition) is 5. The predicted octanol–water partition coefficient (Wildman–Crippen LogP) is 1.14. The van der Waals surface area contributed by atoms with Gasteiger partial charge in [-0.05, 0) is 44.9 Å². The SMILES string of the molecule is CCOC(=O)C(C(=O)OCC)C(CCO)C1CC1. The first-order valence-electron chi connectivity index (χ1n) is 6.59. The average Bonchev–Trinajstić information content (AvgIpc) is 3.13. The fourth-order valence-electron chi connectivity index (χ4n) is 2.26. The standard InChI is InChI=1S/C13H22O5/c1-3-17-12(15)11(13(16)18-4-2)10(7-8-14)9-5-6-9/h9-11,14H,3-8H2,1-2H3. The van der Waals surface area contributed by atoms with Gasteiger partial charge in [-0.2, -0.15) is 0 Å². The van der Waals surface area contributed by atoms with Gasteiger partial charge in [0, 0.05) is 6.61 Å². The molecule has 0 saturated heterocycles. The first-order valence-corrected chi connectivity index (χ1v) is 6.59. The van der Waals surface area contributed by atoms with E-state index < -0.39 is 17.9 Å². The van der Waals surface area contributed by atoms with Gasteiger partial charge < -0.3 is 14.6 Å². The van der Waals surface area contributed by atoms with Gasteiger partial charge in [-0.1, -0.05) is 0 Å². The monoisotopic (exact) mass is 258 g/mol. The maximum atomic E-state index is 11.9. The van der Waals surface area contributed by atoms with Gasteiger partial charge in [0.25, 0.3) is 0 Å². The highest BCUT2D eigenvalue weighted by molar-refractivity contribution is 5.95. The molecule has 5 heteroatoms. The van der Waals surface area contributed by atoms with E-state index in [-0.39, 0.29) is 25.7 Å². The van der Waals surface area contributed by atoms with Crippen LogP contribution < -0.4 is 0 Å². The molecule has 18 heavy (non-hydrogen) atoms. The number of esters is 2. The van der Waals surface area contributed by atoms with Crippen molar-refractivity contribution in [3.05, 3.63) is 0 Å². The van der Waals surface area contributed by atoms with Crippen molar-refractivity contribution in [1.29, 1.82) is 0 Å². The van der Waals surface area contributed by atoms with Crippen molar-refractivity contribution in [3.63, 3.8) is 0 Å². The van der Waals surface area contributed by atoms with E-state index in [2.05, 4.69) is 0 Å². The zero-order valence-electron chi connectivity index (χ0n) is 11.1. The van der Waals surface area contributed by atoms with E-state index in [4.69, 9.17) is 14.6 Å². The summed E-state index contributed by atoms with van der Waals surface area (Å²) in [6.45, 7) is 3.86. The minimum atomic E-state index is -0.885. The molecule has 0 aliphatic heterocycles. The third-order valence-corrected chi connectivity index (χ3v) is 3.20. The number of carbonyl (C=O) groups is 2. The van der Waals surface area contributed by atoms with Crippen LogP contribution in [0, 0.1) is 17.8 Å². The van der Waals surface area contributed by atoms with Gasteiger partial charge in [-0.15, -0.1) is 0 Å². The fraction of sp³-hybridized carbons (Fsp3) is 0.846. The summed E-state index contributed by atoms with van der Waals surface area (Å²) in [4.78, 5) is 23.8. The number of hydrogen-bond donors (Lipinski definition) is 1. The van der Waals surface area contributed by atoms with E-state index in [9.17, 15) is 9.59 Å². The second-order valence-electron chi connectivity index (χ2n) is 4.50. The van der Waals surface area contributed by atoms with Gasteiger partial charge in [-0.25, -0.2) is 0 Å². The van der Waals surface area contributed by atoms with Crippen LogP contribution in [0.3, 0.4) is 0 Å². The van der Waals surface area contributed by atoms with E-state index >= 15 is 0 Å². The number of rotatable bonds is 8. The van der Waals surface area contributed by atoms with Crippen LogP contribution in [0.15, 0.2) is 0 Å². The summed E-state index contributed by atoms with van der Waals surface area (Å²) in [5, 5.41) is 9.08. The molecule has 1 atom stereocenters. The molecule has 1 aliphatic carbocycles. The normalized spacial score (nSPS) is 16.4. The molecule has 0 radical (unpaired) electrons. The van der Waals surface area contributed by atoms with Crippen molar-refractivity contribution < 1.29 is 24.2 Å². The number of ether oxygens (including phenoxy) is 2. The molecule has 1 aliphatic rings. The molecule has 1 rings (SSSR count). The Balaban J connectivity index is 2.78. The molecule has 0 bridgehead atoms. The van der Waals surface area contributed by atoms with Crippen molar-refractivity contribution >= 4 is 11.9 Å². The van der Waals surface area contributed by atoms with Crippen LogP contribution in [0.5, 0.6) is 0 Å². The molecule has 104 valence electrons. The van der Waals surface area contributed by atoms with Gasteiger partial charge in [0.15, 0.2) is 5.92 Å². The van der Waals surface area contributed by atoms with Crippen LogP contribution in [-0.2, 0) is 19.1 Å². The molecule has 5 nitrogen and oxygen atoms in total. The molecule has 1 saturated carbocycles. The highest BCUT2D eigenvalue weighted by Gasteiger charge is 2.44. The summed E-state index contributed by atoms with van der Waals surface area (Å²) >= 11 is 0. The molecule has 0 heterocycles. The Labute approximate surface area is 107 Å². The van der Waals surface area contributed by atoms with Crippen LogP contribution in [0.2, 0.25) is 0 Å². The van der Waals surface area contributed by atoms with Crippen LogP contribution in [0.25, 0.3) is 0 Å². The average molecular weight is 258 g/mol. The van der Waals surface area contributed by atoms with Crippen molar-refractivity contribution in [1.82, 2.24) is 0 Å². The van der Waals surface area contributed by atoms with Crippen molar-refractivity contribution in [2.45, 2.75) is 33.1 Å². The largest absolute Gasteiger partial charge is 0.465 e. The Hall–Kier alpha value is -1.10. The highest BCUT2D eigenvalue weighted by Crippen LogP contribution is 2.43. The van der Waals surface area contributed by atoms with Gasteiger partial charge >= 0.3 is 11.9 Å². The van der Waals surface area contributed by atoms with Gasteiger partial charge in [0.05, 0.1) is 13.2 Å². The summed E-state index contributed by atoms with van der Waals surface area (Å²) in [5.74, 6) is -1.77. The van der Waals surface area contributed by atoms with Crippen molar-refractivity contribution in [2.75, 3.05) is 19.8 Å². The molecule has 0 aromatic rings. The van der Waals surface area contributed by atoms with Gasteiger partial charge in [0.1, 0.15) is 0 Å². The zero-order valence-corrected chi connectivity index (χ0v) is 11.1. The minimum Gasteiger partial charge on any atom is -0.465 e. The van der Waals surface area contributed by atoms with Crippen LogP contribution >= 0.6 is 0 Å². The molecular formula is C13H22O5. The summed E-state index contributed by atoms with van der Waals surface area (Å²) < 4.78 is 9.91. The lowest BCUT2D eigenvalue weighted by atomic mass is 9.85. The topological polar surface area (TPSA) is 72.8 Å². The Morgan fingerprint density at radius 3 is 2.00 bits per heavy atom. The van der Waals surface area contributed by atoms with E-state index in [0.717, 1.165) is 12.8 Å². The van der Waals surface area contributed by atoms with Crippen LogP contribution in [0.1, 0.15) is 33.1 Å². The Kier molecular flexibility index (Phi) is 6.12. The smallest absolute Gasteiger partial charge is 0.320 e. The molecule has 0 aromatic heterocycles. The lowest BCUT2D eigenvalue weighted by molar-refractivity contribution is -0.165. The predicted molar refractivity (Wildman–Crippen MR) is 64.7 cm³/mol. The van der Waals surface area contributed by atoms with E-state index in [1.807, 2.05) is 0 Å². The van der Waals surface area contributed by atoms with Gasteiger partial charge in [-0.3, -0.25) is 9.59 Å². The summed E-state index contributed by atoms with van der Waals surface area (Å²) in [6, 6.07) is 0. The number of carbonyl (C=O) groups excluding carboxylic acids is 2. The number of aliphatic hydroxyl groups excluding tert-OH is 1. The first kappa shape index (κ1) is 15.0. The van der Waals surface area contributed by atoms with Crippen molar-refractivity contribution in [3.8, 4) is 0 Å². The minimum absolute atomic E-state index is 0.0313. The summed E-state index contributed by atoms with van der Waals surface area (Å²) in [6.07, 6.45) is 2.44. The zero-order chi connectivity index (χ0) is 13.5. The first-order chi connectivity index (χ1) is 8.65. The molecule has 0 spiro atoms. The number of aliphatic hydroxyl groups is 1. The third kappa shape index (κ3) is 3.98. The summed E-state index contributed by atoms with van der Waals surface area (Å²) in [5.41, 5.74) is 0. The molecular weight excluding hydrogens is 236 g/mol. The highest BCUT2D eigenvalue weighted by atomic mass is 16.6. The maximum Gasteiger partial charge on any atom is 0.320 e. The van der Waals surface area contributed by atoms with E-state index in [0.29, 0.717) is 12.3 Å². The lowest BCUT2D eigenvalue weighted by Crippen LogP contribution is -2.36. The van der Waals surface area contributed by atoms with E-state index in [1.54, 1.807) is 13.8 Å².